The zero-order valence-electron chi connectivity index (χ0n) is 10.8. The van der Waals surface area contributed by atoms with Crippen molar-refractivity contribution in [1.29, 1.82) is 0 Å². The van der Waals surface area contributed by atoms with E-state index in [0.29, 0.717) is 19.6 Å². The molecule has 116 valence electrons. The zero-order valence-corrected chi connectivity index (χ0v) is 13.9. The SMILES string of the molecule is COCCNC(=O)OC1CCC(Br)(C(=O)O)C(Cl)C1Cl. The van der Waals surface area contributed by atoms with Crippen LogP contribution in [-0.4, -0.2) is 58.6 Å². The second kappa shape index (κ2) is 7.68. The summed E-state index contributed by atoms with van der Waals surface area (Å²) in [6.07, 6.45) is -0.728. The number of amides is 1. The Kier molecular flexibility index (Phi) is 6.84. The van der Waals surface area contributed by atoms with E-state index in [9.17, 15) is 14.7 Å². The van der Waals surface area contributed by atoms with Crippen LogP contribution in [0.4, 0.5) is 4.79 Å². The molecule has 4 atom stereocenters. The summed E-state index contributed by atoms with van der Waals surface area (Å²) in [5, 5.41) is 9.97. The van der Waals surface area contributed by atoms with Gasteiger partial charge in [0.15, 0.2) is 0 Å². The van der Waals surface area contributed by atoms with Gasteiger partial charge in [-0.3, -0.25) is 4.79 Å². The van der Waals surface area contributed by atoms with Crippen LogP contribution in [-0.2, 0) is 14.3 Å². The Hall–Kier alpha value is -0.240. The maximum Gasteiger partial charge on any atom is 0.407 e. The van der Waals surface area contributed by atoms with Crippen LogP contribution in [0.15, 0.2) is 0 Å². The molecule has 6 nitrogen and oxygen atoms in total. The van der Waals surface area contributed by atoms with Crippen LogP contribution in [0.3, 0.4) is 0 Å². The Labute approximate surface area is 135 Å². The first-order valence-electron chi connectivity index (χ1n) is 5.96. The van der Waals surface area contributed by atoms with Gasteiger partial charge in [0.2, 0.25) is 0 Å². The van der Waals surface area contributed by atoms with Crippen LogP contribution < -0.4 is 5.32 Å². The minimum Gasteiger partial charge on any atom is -0.480 e. The maximum atomic E-state index is 11.5. The van der Waals surface area contributed by atoms with E-state index in [1.54, 1.807) is 0 Å². The Morgan fingerprint density at radius 3 is 2.70 bits per heavy atom. The molecule has 0 bridgehead atoms. The number of carbonyl (C=O) groups is 2. The topological polar surface area (TPSA) is 84.9 Å². The summed E-state index contributed by atoms with van der Waals surface area (Å²) in [5.74, 6) is -1.08. The van der Waals surface area contributed by atoms with Crippen LogP contribution in [0.5, 0.6) is 0 Å². The lowest BCUT2D eigenvalue weighted by Crippen LogP contribution is -2.54. The number of alkyl halides is 3. The van der Waals surface area contributed by atoms with Crippen molar-refractivity contribution < 1.29 is 24.2 Å². The molecule has 0 radical (unpaired) electrons. The Bertz CT molecular complexity index is 373. The van der Waals surface area contributed by atoms with Gasteiger partial charge in [0, 0.05) is 13.7 Å². The Balaban J connectivity index is 2.55. The second-order valence-electron chi connectivity index (χ2n) is 4.42. The molecule has 0 aromatic heterocycles. The van der Waals surface area contributed by atoms with Crippen LogP contribution >= 0.6 is 39.1 Å². The van der Waals surface area contributed by atoms with E-state index in [4.69, 9.17) is 32.7 Å². The number of carbonyl (C=O) groups excluding carboxylic acids is 1. The van der Waals surface area contributed by atoms with Gasteiger partial charge in [-0.2, -0.15) is 0 Å². The van der Waals surface area contributed by atoms with Crippen molar-refractivity contribution in [3.63, 3.8) is 0 Å². The van der Waals surface area contributed by atoms with Gasteiger partial charge in [-0.1, -0.05) is 15.9 Å². The van der Waals surface area contributed by atoms with Gasteiger partial charge < -0.3 is 19.9 Å². The average Bonchev–Trinajstić information content (AvgIpc) is 2.40. The lowest BCUT2D eigenvalue weighted by molar-refractivity contribution is -0.140. The minimum atomic E-state index is -1.30. The first-order chi connectivity index (χ1) is 9.32. The summed E-state index contributed by atoms with van der Waals surface area (Å²) in [6.45, 7) is 0.683. The van der Waals surface area contributed by atoms with E-state index < -0.39 is 33.2 Å². The number of aliphatic carboxylic acids is 1. The average molecular weight is 393 g/mol. The quantitative estimate of drug-likeness (QED) is 0.551. The van der Waals surface area contributed by atoms with Gasteiger partial charge in [0.25, 0.3) is 0 Å². The molecule has 0 saturated heterocycles. The molecule has 0 heterocycles. The molecule has 9 heteroatoms. The number of hydrogen-bond acceptors (Lipinski definition) is 4. The predicted molar refractivity (Wildman–Crippen MR) is 78.0 cm³/mol. The summed E-state index contributed by atoms with van der Waals surface area (Å²) >= 11 is 15.3. The van der Waals surface area contributed by atoms with Gasteiger partial charge in [0.05, 0.1) is 17.4 Å². The number of nitrogens with one attached hydrogen (secondary N) is 1. The van der Waals surface area contributed by atoms with Gasteiger partial charge >= 0.3 is 12.1 Å². The highest BCUT2D eigenvalue weighted by atomic mass is 79.9. The van der Waals surface area contributed by atoms with Crippen molar-refractivity contribution in [3.8, 4) is 0 Å². The predicted octanol–water partition coefficient (Wildman–Crippen LogP) is 1.95. The molecule has 2 N–H and O–H groups in total. The van der Waals surface area contributed by atoms with Crippen LogP contribution in [0, 0.1) is 0 Å². The largest absolute Gasteiger partial charge is 0.480 e. The molecule has 0 aromatic rings. The molecule has 1 aliphatic rings. The van der Waals surface area contributed by atoms with E-state index in [0.717, 1.165) is 0 Å². The van der Waals surface area contributed by atoms with Gasteiger partial charge in [-0.25, -0.2) is 4.79 Å². The van der Waals surface area contributed by atoms with E-state index in [1.165, 1.54) is 7.11 Å². The first-order valence-corrected chi connectivity index (χ1v) is 7.63. The van der Waals surface area contributed by atoms with Crippen molar-refractivity contribution in [2.45, 2.75) is 34.0 Å². The number of rotatable bonds is 5. The van der Waals surface area contributed by atoms with E-state index in [-0.39, 0.29) is 6.42 Å². The highest BCUT2D eigenvalue weighted by Crippen LogP contribution is 2.43. The van der Waals surface area contributed by atoms with Crippen LogP contribution in [0.1, 0.15) is 12.8 Å². The van der Waals surface area contributed by atoms with Crippen molar-refractivity contribution >= 4 is 51.2 Å². The molecule has 0 aliphatic heterocycles. The molecule has 4 unspecified atom stereocenters. The monoisotopic (exact) mass is 391 g/mol. The number of carboxylic acids is 1. The second-order valence-corrected chi connectivity index (χ2v) is 6.81. The molecule has 0 spiro atoms. The zero-order chi connectivity index (χ0) is 15.3. The third-order valence-corrected chi connectivity index (χ3v) is 5.85. The van der Waals surface area contributed by atoms with Crippen LogP contribution in [0.25, 0.3) is 0 Å². The van der Waals surface area contributed by atoms with Gasteiger partial charge in [-0.05, 0) is 12.8 Å². The minimum absolute atomic E-state index is 0.218. The summed E-state index contributed by atoms with van der Waals surface area (Å²) in [4.78, 5) is 22.7. The fourth-order valence-corrected chi connectivity index (χ4v) is 3.30. The van der Waals surface area contributed by atoms with E-state index in [1.807, 2.05) is 0 Å². The summed E-state index contributed by atoms with van der Waals surface area (Å²) in [5.41, 5.74) is 0. The fraction of sp³-hybridized carbons (Fsp3) is 0.818. The molecule has 1 saturated carbocycles. The van der Waals surface area contributed by atoms with Crippen molar-refractivity contribution in [2.75, 3.05) is 20.3 Å². The molecular weight excluding hydrogens is 377 g/mol. The van der Waals surface area contributed by atoms with Crippen molar-refractivity contribution in [1.82, 2.24) is 5.32 Å². The summed E-state index contributed by atoms with van der Waals surface area (Å²) < 4.78 is 8.64. The molecule has 1 rings (SSSR count). The third kappa shape index (κ3) is 4.13. The molecule has 1 fully saturated rings. The molecule has 20 heavy (non-hydrogen) atoms. The van der Waals surface area contributed by atoms with Crippen molar-refractivity contribution in [3.05, 3.63) is 0 Å². The number of alkyl carbamates (subject to hydrolysis) is 1. The number of carboxylic acid groups (broad SMARTS) is 1. The third-order valence-electron chi connectivity index (χ3n) is 3.05. The maximum absolute atomic E-state index is 11.5. The highest BCUT2D eigenvalue weighted by molar-refractivity contribution is 9.10. The van der Waals surface area contributed by atoms with Gasteiger partial charge in [-0.15, -0.1) is 23.2 Å². The molecule has 0 aromatic carbocycles. The standard InChI is InChI=1S/C11H16BrCl2NO5/c1-19-5-4-15-10(18)20-6-2-3-11(12,9(16)17)8(14)7(6)13/h6-8H,2-5H2,1H3,(H,15,18)(H,16,17). The van der Waals surface area contributed by atoms with Gasteiger partial charge in [0.1, 0.15) is 10.4 Å². The van der Waals surface area contributed by atoms with Crippen molar-refractivity contribution in [2.24, 2.45) is 0 Å². The summed E-state index contributed by atoms with van der Waals surface area (Å²) in [7, 11) is 1.52. The lowest BCUT2D eigenvalue weighted by atomic mass is 9.86. The number of methoxy groups -OCH3 is 1. The number of ether oxygens (including phenoxy) is 2. The Morgan fingerprint density at radius 2 is 2.15 bits per heavy atom. The number of halogens is 3. The highest BCUT2D eigenvalue weighted by Gasteiger charge is 2.52. The smallest absolute Gasteiger partial charge is 0.407 e. The fourth-order valence-electron chi connectivity index (χ4n) is 1.87. The molecule has 1 amide bonds. The first kappa shape index (κ1) is 17.8. The lowest BCUT2D eigenvalue weighted by Gasteiger charge is -2.39. The summed E-state index contributed by atoms with van der Waals surface area (Å²) in [6, 6.07) is 0. The molecular formula is C11H16BrCl2NO5. The Morgan fingerprint density at radius 1 is 1.50 bits per heavy atom. The van der Waals surface area contributed by atoms with E-state index >= 15 is 0 Å². The van der Waals surface area contributed by atoms with E-state index in [2.05, 4.69) is 21.2 Å². The molecule has 1 aliphatic carbocycles. The van der Waals surface area contributed by atoms with Crippen LogP contribution in [0.2, 0.25) is 0 Å². The normalized spacial score (nSPS) is 33.5. The number of hydrogen-bond donors (Lipinski definition) is 2.